The second-order valence-corrected chi connectivity index (χ2v) is 15.1. The first kappa shape index (κ1) is 20.8. The van der Waals surface area contributed by atoms with Crippen LogP contribution >= 0.6 is 0 Å². The molecular formula is C21H40O4Si. The molecule has 5 unspecified atom stereocenters. The molecule has 1 spiro atoms. The first-order valence-corrected chi connectivity index (χ1v) is 13.6. The monoisotopic (exact) mass is 384 g/mol. The molecule has 1 N–H and O–H groups in total. The van der Waals surface area contributed by atoms with Crippen LogP contribution < -0.4 is 0 Å². The summed E-state index contributed by atoms with van der Waals surface area (Å²) in [5.74, 6) is 0.806. The number of rotatable bonds is 7. The van der Waals surface area contributed by atoms with Gasteiger partial charge in [0.15, 0.2) is 14.1 Å². The van der Waals surface area contributed by atoms with E-state index < -0.39 is 8.32 Å². The molecule has 26 heavy (non-hydrogen) atoms. The van der Waals surface area contributed by atoms with Crippen molar-refractivity contribution >= 4 is 8.32 Å². The highest BCUT2D eigenvalue weighted by Gasteiger charge is 2.64. The van der Waals surface area contributed by atoms with Crippen molar-refractivity contribution in [1.82, 2.24) is 0 Å². The average Bonchev–Trinajstić information content (AvgIpc) is 3.10. The zero-order valence-electron chi connectivity index (χ0n) is 17.7. The summed E-state index contributed by atoms with van der Waals surface area (Å²) in [6.45, 7) is 15.3. The van der Waals surface area contributed by atoms with Gasteiger partial charge in [0, 0.05) is 18.4 Å². The van der Waals surface area contributed by atoms with Gasteiger partial charge in [-0.2, -0.15) is 0 Å². The summed E-state index contributed by atoms with van der Waals surface area (Å²) in [7, 11) is -1.74. The number of ether oxygens (including phenoxy) is 2. The Kier molecular flexibility index (Phi) is 5.97. The van der Waals surface area contributed by atoms with Crippen LogP contribution in [0.2, 0.25) is 18.1 Å². The second-order valence-electron chi connectivity index (χ2n) is 10.3. The summed E-state index contributed by atoms with van der Waals surface area (Å²) in [4.78, 5) is 0. The number of fused-ring (bicyclic) bond motifs is 2. The number of aliphatic hydroxyl groups is 1. The summed E-state index contributed by atoms with van der Waals surface area (Å²) in [6, 6.07) is 0. The van der Waals surface area contributed by atoms with Crippen LogP contribution in [-0.2, 0) is 13.9 Å². The van der Waals surface area contributed by atoms with Crippen molar-refractivity contribution in [3.05, 3.63) is 0 Å². The Hall–Kier alpha value is 0.0569. The average molecular weight is 385 g/mol. The lowest BCUT2D eigenvalue weighted by atomic mass is 9.69. The number of hydrogen-bond acceptors (Lipinski definition) is 4. The molecule has 2 saturated carbocycles. The topological polar surface area (TPSA) is 47.9 Å². The van der Waals surface area contributed by atoms with E-state index in [4.69, 9.17) is 13.9 Å². The van der Waals surface area contributed by atoms with Crippen molar-refractivity contribution in [2.24, 2.45) is 17.8 Å². The third kappa shape index (κ3) is 3.79. The van der Waals surface area contributed by atoms with E-state index in [2.05, 4.69) is 40.8 Å². The van der Waals surface area contributed by atoms with Crippen LogP contribution in [-0.4, -0.2) is 44.6 Å². The highest BCUT2D eigenvalue weighted by Crippen LogP contribution is 2.59. The van der Waals surface area contributed by atoms with Gasteiger partial charge in [-0.05, 0) is 55.7 Å². The van der Waals surface area contributed by atoms with E-state index in [-0.39, 0.29) is 16.9 Å². The van der Waals surface area contributed by atoms with Crippen molar-refractivity contribution in [3.8, 4) is 0 Å². The molecule has 0 aromatic carbocycles. The summed E-state index contributed by atoms with van der Waals surface area (Å²) in [6.07, 6.45) is 6.48. The molecule has 0 bridgehead atoms. The van der Waals surface area contributed by atoms with E-state index in [1.807, 2.05) is 0 Å². The van der Waals surface area contributed by atoms with Gasteiger partial charge in [0.25, 0.3) is 0 Å². The Bertz CT molecular complexity index is 481. The van der Waals surface area contributed by atoms with Crippen LogP contribution in [0.25, 0.3) is 0 Å². The lowest BCUT2D eigenvalue weighted by Gasteiger charge is -2.48. The van der Waals surface area contributed by atoms with Crippen LogP contribution in [0.5, 0.6) is 0 Å². The van der Waals surface area contributed by atoms with Gasteiger partial charge in [-0.3, -0.25) is 0 Å². The molecule has 2 aliphatic carbocycles. The lowest BCUT2D eigenvalue weighted by molar-refractivity contribution is -0.275. The van der Waals surface area contributed by atoms with E-state index in [0.29, 0.717) is 37.1 Å². The molecule has 1 aliphatic heterocycles. The fraction of sp³-hybridized carbons (Fsp3) is 1.00. The SMILES string of the molecule is CCCC(CCC1CC2C(CC23OCCO3)C1O)O[Si](C)(C)C(C)(C)C. The molecule has 0 aromatic rings. The van der Waals surface area contributed by atoms with Crippen LogP contribution in [0, 0.1) is 17.8 Å². The molecule has 0 amide bonds. The Morgan fingerprint density at radius 2 is 1.85 bits per heavy atom. The minimum absolute atomic E-state index is 0.187. The maximum Gasteiger partial charge on any atom is 0.192 e. The number of hydrogen-bond donors (Lipinski definition) is 1. The quantitative estimate of drug-likeness (QED) is 0.645. The standard InChI is InChI=1S/C21H40O4Si/c1-7-8-16(25-26(5,6)20(2,3)4)10-9-15-13-18-17(19(15)22)14-21(18)23-11-12-24-21/h15-19,22H,7-14H2,1-6H3. The first-order chi connectivity index (χ1) is 12.1. The Morgan fingerprint density at radius 1 is 1.19 bits per heavy atom. The third-order valence-electron chi connectivity index (χ3n) is 7.59. The predicted octanol–water partition coefficient (Wildman–Crippen LogP) is 4.72. The molecule has 5 heteroatoms. The molecule has 3 fully saturated rings. The van der Waals surface area contributed by atoms with E-state index in [0.717, 1.165) is 38.5 Å². The fourth-order valence-electron chi connectivity index (χ4n) is 4.98. The molecule has 0 radical (unpaired) electrons. The molecule has 0 aromatic heterocycles. The molecule has 3 aliphatic rings. The number of aliphatic hydroxyl groups excluding tert-OH is 1. The largest absolute Gasteiger partial charge is 0.414 e. The normalized spacial score (nSPS) is 34.7. The zero-order chi connectivity index (χ0) is 19.2. The van der Waals surface area contributed by atoms with E-state index in [9.17, 15) is 5.11 Å². The van der Waals surface area contributed by atoms with Crippen LogP contribution in [0.1, 0.15) is 66.2 Å². The van der Waals surface area contributed by atoms with Gasteiger partial charge in [-0.25, -0.2) is 0 Å². The smallest absolute Gasteiger partial charge is 0.192 e. The van der Waals surface area contributed by atoms with Crippen molar-refractivity contribution in [2.75, 3.05) is 13.2 Å². The minimum atomic E-state index is -1.74. The summed E-state index contributed by atoms with van der Waals surface area (Å²) >= 11 is 0. The van der Waals surface area contributed by atoms with Crippen LogP contribution in [0.4, 0.5) is 0 Å². The van der Waals surface area contributed by atoms with Gasteiger partial charge < -0.3 is 19.0 Å². The Balaban J connectivity index is 1.55. The van der Waals surface area contributed by atoms with Crippen LogP contribution in [0.3, 0.4) is 0 Å². The van der Waals surface area contributed by atoms with Crippen molar-refractivity contribution in [1.29, 1.82) is 0 Å². The van der Waals surface area contributed by atoms with E-state index >= 15 is 0 Å². The Labute approximate surface area is 161 Å². The highest BCUT2D eigenvalue weighted by atomic mass is 28.4. The van der Waals surface area contributed by atoms with Crippen molar-refractivity contribution < 1.29 is 19.0 Å². The Morgan fingerprint density at radius 3 is 2.42 bits per heavy atom. The molecule has 3 rings (SSSR count). The molecular weight excluding hydrogens is 344 g/mol. The maximum atomic E-state index is 10.8. The molecule has 152 valence electrons. The van der Waals surface area contributed by atoms with Gasteiger partial charge in [0.05, 0.1) is 19.3 Å². The zero-order valence-corrected chi connectivity index (χ0v) is 18.7. The molecule has 1 saturated heterocycles. The van der Waals surface area contributed by atoms with Crippen molar-refractivity contribution in [2.45, 2.75) is 102 Å². The third-order valence-corrected chi connectivity index (χ3v) is 12.1. The van der Waals surface area contributed by atoms with Crippen LogP contribution in [0.15, 0.2) is 0 Å². The first-order valence-electron chi connectivity index (χ1n) is 10.7. The van der Waals surface area contributed by atoms with Gasteiger partial charge in [-0.1, -0.05) is 34.1 Å². The summed E-state index contributed by atoms with van der Waals surface area (Å²) < 4.78 is 18.5. The van der Waals surface area contributed by atoms with Gasteiger partial charge in [0.2, 0.25) is 0 Å². The fourth-order valence-corrected chi connectivity index (χ4v) is 6.41. The summed E-state index contributed by atoms with van der Waals surface area (Å²) in [5.41, 5.74) is 0. The summed E-state index contributed by atoms with van der Waals surface area (Å²) in [5, 5.41) is 11.0. The molecule has 1 heterocycles. The molecule has 5 atom stereocenters. The van der Waals surface area contributed by atoms with E-state index in [1.165, 1.54) is 0 Å². The maximum absolute atomic E-state index is 10.8. The predicted molar refractivity (Wildman–Crippen MR) is 107 cm³/mol. The second kappa shape index (κ2) is 7.47. The van der Waals surface area contributed by atoms with Gasteiger partial charge in [-0.15, -0.1) is 0 Å². The minimum Gasteiger partial charge on any atom is -0.414 e. The van der Waals surface area contributed by atoms with Gasteiger partial charge in [0.1, 0.15) is 0 Å². The highest BCUT2D eigenvalue weighted by molar-refractivity contribution is 6.74. The van der Waals surface area contributed by atoms with E-state index in [1.54, 1.807) is 0 Å². The molecule has 4 nitrogen and oxygen atoms in total. The lowest BCUT2D eigenvalue weighted by Crippen LogP contribution is -2.54. The van der Waals surface area contributed by atoms with Crippen molar-refractivity contribution in [3.63, 3.8) is 0 Å². The van der Waals surface area contributed by atoms with Gasteiger partial charge >= 0.3 is 0 Å².